The molecule has 8 heteroatoms. The van der Waals surface area contributed by atoms with Gasteiger partial charge in [0.25, 0.3) is 11.8 Å². The third-order valence-electron chi connectivity index (χ3n) is 4.14. The second-order valence-corrected chi connectivity index (χ2v) is 6.61. The van der Waals surface area contributed by atoms with Gasteiger partial charge in [-0.15, -0.1) is 0 Å². The smallest absolute Gasteiger partial charge is 0.257 e. The lowest BCUT2D eigenvalue weighted by Crippen LogP contribution is -2.46. The SMILES string of the molecule is O=C(NC1CCN(C(=O)c2ccoc2)CC1)c1cc(F)c(Cl)cc1Cl. The lowest BCUT2D eigenvalue weighted by Gasteiger charge is -2.32. The number of carbonyl (C=O) groups excluding carboxylic acids is 2. The zero-order valence-corrected chi connectivity index (χ0v) is 14.6. The van der Waals surface area contributed by atoms with Crippen molar-refractivity contribution < 1.29 is 18.4 Å². The number of amides is 2. The highest BCUT2D eigenvalue weighted by Gasteiger charge is 2.26. The minimum absolute atomic E-state index is 0.0421. The molecule has 1 fully saturated rings. The van der Waals surface area contributed by atoms with Crippen LogP contribution in [0.4, 0.5) is 4.39 Å². The van der Waals surface area contributed by atoms with Gasteiger partial charge in [0.05, 0.1) is 27.4 Å². The molecule has 1 saturated heterocycles. The monoisotopic (exact) mass is 384 g/mol. The standard InChI is InChI=1S/C17H15Cl2FN2O3/c18-13-8-14(19)15(20)7-12(13)16(23)21-11-1-4-22(5-2-11)17(24)10-3-6-25-9-10/h3,6-9,11H,1-2,4-5H2,(H,21,23). The fraction of sp³-hybridized carbons (Fsp3) is 0.294. The van der Waals surface area contributed by atoms with E-state index in [0.717, 1.165) is 6.07 Å². The zero-order valence-electron chi connectivity index (χ0n) is 13.1. The van der Waals surface area contributed by atoms with Gasteiger partial charge in [0, 0.05) is 19.1 Å². The molecular weight excluding hydrogens is 370 g/mol. The molecule has 0 saturated carbocycles. The number of carbonyl (C=O) groups is 2. The molecule has 0 unspecified atom stereocenters. The van der Waals surface area contributed by atoms with Crippen LogP contribution in [-0.4, -0.2) is 35.8 Å². The van der Waals surface area contributed by atoms with Gasteiger partial charge in [-0.1, -0.05) is 23.2 Å². The molecule has 1 aromatic heterocycles. The number of nitrogens with one attached hydrogen (secondary N) is 1. The summed E-state index contributed by atoms with van der Waals surface area (Å²) >= 11 is 11.6. The van der Waals surface area contributed by atoms with Crippen LogP contribution in [0.5, 0.6) is 0 Å². The Morgan fingerprint density at radius 1 is 1.20 bits per heavy atom. The van der Waals surface area contributed by atoms with E-state index in [0.29, 0.717) is 31.5 Å². The first-order valence-corrected chi connectivity index (χ1v) is 8.48. The number of likely N-dealkylation sites (tertiary alicyclic amines) is 1. The minimum atomic E-state index is -0.697. The summed E-state index contributed by atoms with van der Waals surface area (Å²) in [6.45, 7) is 1.02. The Bertz CT molecular complexity index is 787. The maximum atomic E-state index is 13.6. The number of nitrogens with zero attached hydrogens (tertiary/aromatic N) is 1. The maximum absolute atomic E-state index is 13.6. The third-order valence-corrected chi connectivity index (χ3v) is 4.74. The highest BCUT2D eigenvalue weighted by Crippen LogP contribution is 2.25. The van der Waals surface area contributed by atoms with Gasteiger partial charge in [0.1, 0.15) is 12.1 Å². The Kier molecular flexibility index (Phi) is 5.30. The Hall–Kier alpha value is -2.05. The molecule has 0 radical (unpaired) electrons. The molecular formula is C17H15Cl2FN2O3. The number of hydrogen-bond donors (Lipinski definition) is 1. The quantitative estimate of drug-likeness (QED) is 0.819. The highest BCUT2D eigenvalue weighted by atomic mass is 35.5. The summed E-state index contributed by atoms with van der Waals surface area (Å²) in [5.41, 5.74) is 0.548. The molecule has 0 spiro atoms. The van der Waals surface area contributed by atoms with Crippen LogP contribution in [0.15, 0.2) is 35.1 Å². The van der Waals surface area contributed by atoms with Gasteiger partial charge in [-0.05, 0) is 31.0 Å². The summed E-state index contributed by atoms with van der Waals surface area (Å²) in [5.74, 6) is -1.25. The number of piperidine rings is 1. The van der Waals surface area contributed by atoms with Crippen molar-refractivity contribution in [3.63, 3.8) is 0 Å². The molecule has 0 bridgehead atoms. The van der Waals surface area contributed by atoms with Crippen molar-refractivity contribution in [1.82, 2.24) is 10.2 Å². The molecule has 0 aliphatic carbocycles. The van der Waals surface area contributed by atoms with Crippen LogP contribution >= 0.6 is 23.2 Å². The van der Waals surface area contributed by atoms with E-state index in [1.54, 1.807) is 11.0 Å². The van der Waals surface area contributed by atoms with Gasteiger partial charge in [0.2, 0.25) is 0 Å². The fourth-order valence-corrected chi connectivity index (χ4v) is 3.22. The van der Waals surface area contributed by atoms with Gasteiger partial charge in [-0.3, -0.25) is 9.59 Å². The van der Waals surface area contributed by atoms with Crippen molar-refractivity contribution in [2.24, 2.45) is 0 Å². The van der Waals surface area contributed by atoms with Crippen molar-refractivity contribution in [3.05, 3.63) is 57.7 Å². The molecule has 2 heterocycles. The summed E-state index contributed by atoms with van der Waals surface area (Å²) in [6, 6.07) is 3.74. The summed E-state index contributed by atoms with van der Waals surface area (Å²) < 4.78 is 18.5. The predicted molar refractivity (Wildman–Crippen MR) is 91.5 cm³/mol. The molecule has 1 aliphatic rings. The lowest BCUT2D eigenvalue weighted by molar-refractivity contribution is 0.0697. The Morgan fingerprint density at radius 2 is 1.92 bits per heavy atom. The molecule has 1 aromatic carbocycles. The van der Waals surface area contributed by atoms with E-state index in [1.165, 1.54) is 18.6 Å². The van der Waals surface area contributed by atoms with Crippen LogP contribution in [-0.2, 0) is 0 Å². The zero-order chi connectivity index (χ0) is 18.0. The van der Waals surface area contributed by atoms with Crippen molar-refractivity contribution >= 4 is 35.0 Å². The molecule has 2 amide bonds. The predicted octanol–water partition coefficient (Wildman–Crippen LogP) is 3.76. The van der Waals surface area contributed by atoms with Crippen LogP contribution in [0.3, 0.4) is 0 Å². The first kappa shape index (κ1) is 17.8. The number of benzene rings is 1. The first-order valence-electron chi connectivity index (χ1n) is 7.72. The van der Waals surface area contributed by atoms with Crippen LogP contribution in [0.1, 0.15) is 33.6 Å². The van der Waals surface area contributed by atoms with Gasteiger partial charge in [-0.25, -0.2) is 4.39 Å². The molecule has 3 rings (SSSR count). The van der Waals surface area contributed by atoms with Crippen molar-refractivity contribution in [1.29, 1.82) is 0 Å². The first-order chi connectivity index (χ1) is 12.0. The molecule has 1 aliphatic heterocycles. The normalized spacial score (nSPS) is 15.2. The van der Waals surface area contributed by atoms with Crippen molar-refractivity contribution in [2.45, 2.75) is 18.9 Å². The lowest BCUT2D eigenvalue weighted by atomic mass is 10.0. The molecule has 5 nitrogen and oxygen atoms in total. The molecule has 0 atom stereocenters. The molecule has 2 aromatic rings. The molecule has 25 heavy (non-hydrogen) atoms. The summed E-state index contributed by atoms with van der Waals surface area (Å²) in [4.78, 5) is 26.2. The van der Waals surface area contributed by atoms with Crippen LogP contribution in [0, 0.1) is 5.82 Å². The van der Waals surface area contributed by atoms with E-state index in [2.05, 4.69) is 5.32 Å². The van der Waals surface area contributed by atoms with Gasteiger partial charge >= 0.3 is 0 Å². The number of hydrogen-bond acceptors (Lipinski definition) is 3. The largest absolute Gasteiger partial charge is 0.472 e. The second kappa shape index (κ2) is 7.45. The number of furan rings is 1. The second-order valence-electron chi connectivity index (χ2n) is 5.80. The van der Waals surface area contributed by atoms with Gasteiger partial charge < -0.3 is 14.6 Å². The summed E-state index contributed by atoms with van der Waals surface area (Å²) in [6.07, 6.45) is 4.06. The summed E-state index contributed by atoms with van der Waals surface area (Å²) in [7, 11) is 0. The minimum Gasteiger partial charge on any atom is -0.472 e. The molecule has 1 N–H and O–H groups in total. The van der Waals surface area contributed by atoms with E-state index >= 15 is 0 Å². The molecule has 132 valence electrons. The van der Waals surface area contributed by atoms with Crippen LogP contribution in [0.25, 0.3) is 0 Å². The number of rotatable bonds is 3. The Balaban J connectivity index is 1.58. The Labute approximate surface area is 153 Å². The maximum Gasteiger partial charge on any atom is 0.257 e. The number of halogens is 3. The van der Waals surface area contributed by atoms with E-state index in [1.807, 2.05) is 0 Å². The van der Waals surface area contributed by atoms with Crippen LogP contribution in [0.2, 0.25) is 10.0 Å². The highest BCUT2D eigenvalue weighted by molar-refractivity contribution is 6.36. The van der Waals surface area contributed by atoms with Crippen molar-refractivity contribution in [3.8, 4) is 0 Å². The van der Waals surface area contributed by atoms with E-state index in [4.69, 9.17) is 27.6 Å². The van der Waals surface area contributed by atoms with Crippen LogP contribution < -0.4 is 5.32 Å². The topological polar surface area (TPSA) is 62.6 Å². The Morgan fingerprint density at radius 3 is 2.56 bits per heavy atom. The third kappa shape index (κ3) is 3.96. The van der Waals surface area contributed by atoms with E-state index < -0.39 is 11.7 Å². The summed E-state index contributed by atoms with van der Waals surface area (Å²) in [5, 5.41) is 2.79. The average molecular weight is 385 g/mol. The average Bonchev–Trinajstić information content (AvgIpc) is 3.12. The van der Waals surface area contributed by atoms with Crippen molar-refractivity contribution in [2.75, 3.05) is 13.1 Å². The fourth-order valence-electron chi connectivity index (χ4n) is 2.76. The van der Waals surface area contributed by atoms with E-state index in [9.17, 15) is 14.0 Å². The van der Waals surface area contributed by atoms with E-state index in [-0.39, 0.29) is 27.6 Å². The van der Waals surface area contributed by atoms with Gasteiger partial charge in [-0.2, -0.15) is 0 Å². The van der Waals surface area contributed by atoms with Gasteiger partial charge in [0.15, 0.2) is 0 Å².